The molecule has 18 heavy (non-hydrogen) atoms. The van der Waals surface area contributed by atoms with Gasteiger partial charge in [0.15, 0.2) is 0 Å². The number of carbonyl (C=O) groups is 2. The number of hydrogen-bond donors (Lipinski definition) is 0. The molecule has 1 rings (SSSR count). The Balaban J connectivity index is 2.70. The lowest BCUT2D eigenvalue weighted by molar-refractivity contribution is -0.140. The summed E-state index contributed by atoms with van der Waals surface area (Å²) in [4.78, 5) is 26.9. The van der Waals surface area contributed by atoms with E-state index in [2.05, 4.69) is 4.74 Å². The van der Waals surface area contributed by atoms with Crippen LogP contribution in [0, 0.1) is 13.8 Å². The summed E-state index contributed by atoms with van der Waals surface area (Å²) in [5.74, 6) is -0.303. The maximum Gasteiger partial charge on any atom is 0.307 e. The molecule has 1 heterocycles. The average Bonchev–Trinajstić information content (AvgIpc) is 2.69. The lowest BCUT2D eigenvalue weighted by atomic mass is 10.2. The lowest BCUT2D eigenvalue weighted by Gasteiger charge is -2.19. The minimum atomic E-state index is -0.292. The summed E-state index contributed by atoms with van der Waals surface area (Å²) in [7, 11) is 1.35. The molecule has 0 saturated carbocycles. The van der Waals surface area contributed by atoms with Crippen molar-refractivity contribution >= 4 is 23.2 Å². The van der Waals surface area contributed by atoms with E-state index in [4.69, 9.17) is 0 Å². The van der Waals surface area contributed by atoms with Gasteiger partial charge in [-0.3, -0.25) is 9.59 Å². The van der Waals surface area contributed by atoms with E-state index in [0.717, 1.165) is 15.3 Å². The maximum atomic E-state index is 12.2. The van der Waals surface area contributed by atoms with Crippen molar-refractivity contribution in [1.29, 1.82) is 0 Å². The first-order chi connectivity index (χ1) is 8.49. The zero-order valence-corrected chi connectivity index (χ0v) is 12.1. The Morgan fingerprint density at radius 1 is 1.39 bits per heavy atom. The second kappa shape index (κ2) is 6.54. The van der Waals surface area contributed by atoms with Crippen LogP contribution in [-0.4, -0.2) is 37.0 Å². The SMILES string of the molecule is CCN(CCC(=O)OC)C(=O)c1cc(C)c(C)s1. The lowest BCUT2D eigenvalue weighted by Crippen LogP contribution is -2.32. The molecule has 0 unspecified atom stereocenters. The van der Waals surface area contributed by atoms with Crippen molar-refractivity contribution in [3.05, 3.63) is 21.4 Å². The van der Waals surface area contributed by atoms with Crippen LogP contribution < -0.4 is 0 Å². The molecule has 1 aromatic rings. The van der Waals surface area contributed by atoms with Gasteiger partial charge in [0.25, 0.3) is 5.91 Å². The van der Waals surface area contributed by atoms with E-state index in [-0.39, 0.29) is 18.3 Å². The Hall–Kier alpha value is -1.36. The van der Waals surface area contributed by atoms with Crippen LogP contribution in [0.2, 0.25) is 0 Å². The summed E-state index contributed by atoms with van der Waals surface area (Å²) in [6.07, 6.45) is 0.236. The van der Waals surface area contributed by atoms with Gasteiger partial charge in [0.2, 0.25) is 0 Å². The third-order valence-corrected chi connectivity index (χ3v) is 4.00. The van der Waals surface area contributed by atoms with Crippen molar-refractivity contribution in [2.45, 2.75) is 27.2 Å². The quantitative estimate of drug-likeness (QED) is 0.771. The summed E-state index contributed by atoms with van der Waals surface area (Å²) in [6.45, 7) is 6.89. The van der Waals surface area contributed by atoms with Gasteiger partial charge >= 0.3 is 5.97 Å². The van der Waals surface area contributed by atoms with Gasteiger partial charge in [-0.05, 0) is 32.4 Å². The predicted octanol–water partition coefficient (Wildman–Crippen LogP) is 2.39. The summed E-state index contributed by atoms with van der Waals surface area (Å²) >= 11 is 1.50. The number of ether oxygens (including phenoxy) is 1. The van der Waals surface area contributed by atoms with Crippen LogP contribution >= 0.6 is 11.3 Å². The summed E-state index contributed by atoms with van der Waals surface area (Å²) in [5, 5.41) is 0. The maximum absolute atomic E-state index is 12.2. The molecule has 0 aliphatic heterocycles. The Labute approximate surface area is 112 Å². The second-order valence-corrected chi connectivity index (χ2v) is 5.32. The molecule has 0 radical (unpaired) electrons. The number of hydrogen-bond acceptors (Lipinski definition) is 4. The predicted molar refractivity (Wildman–Crippen MR) is 72.0 cm³/mol. The summed E-state index contributed by atoms with van der Waals surface area (Å²) in [5.41, 5.74) is 1.13. The van der Waals surface area contributed by atoms with Crippen LogP contribution in [0.25, 0.3) is 0 Å². The third kappa shape index (κ3) is 3.57. The molecule has 0 fully saturated rings. The molecule has 0 bridgehead atoms. The minimum Gasteiger partial charge on any atom is -0.469 e. The zero-order valence-electron chi connectivity index (χ0n) is 11.3. The Morgan fingerprint density at radius 2 is 2.06 bits per heavy atom. The van der Waals surface area contributed by atoms with E-state index in [0.29, 0.717) is 13.1 Å². The molecule has 1 aromatic heterocycles. The van der Waals surface area contributed by atoms with E-state index < -0.39 is 0 Å². The van der Waals surface area contributed by atoms with Gasteiger partial charge in [0.05, 0.1) is 18.4 Å². The number of methoxy groups -OCH3 is 1. The van der Waals surface area contributed by atoms with Crippen LogP contribution in [0.4, 0.5) is 0 Å². The minimum absolute atomic E-state index is 0.0115. The number of esters is 1. The van der Waals surface area contributed by atoms with E-state index >= 15 is 0 Å². The molecule has 5 heteroatoms. The monoisotopic (exact) mass is 269 g/mol. The van der Waals surface area contributed by atoms with Gasteiger partial charge in [0, 0.05) is 18.0 Å². The molecular formula is C13H19NO3S. The normalized spacial score (nSPS) is 10.2. The van der Waals surface area contributed by atoms with Gasteiger partial charge in [0.1, 0.15) is 0 Å². The molecule has 100 valence electrons. The van der Waals surface area contributed by atoms with Crippen molar-refractivity contribution < 1.29 is 14.3 Å². The highest BCUT2D eigenvalue weighted by Crippen LogP contribution is 2.22. The Morgan fingerprint density at radius 3 is 2.50 bits per heavy atom. The number of thiophene rings is 1. The topological polar surface area (TPSA) is 46.6 Å². The fourth-order valence-electron chi connectivity index (χ4n) is 1.57. The highest BCUT2D eigenvalue weighted by atomic mass is 32.1. The summed E-state index contributed by atoms with van der Waals surface area (Å²) < 4.78 is 4.58. The molecular weight excluding hydrogens is 250 g/mol. The molecule has 1 amide bonds. The van der Waals surface area contributed by atoms with Gasteiger partial charge in [-0.25, -0.2) is 0 Å². The van der Waals surface area contributed by atoms with Crippen molar-refractivity contribution in [1.82, 2.24) is 4.90 Å². The van der Waals surface area contributed by atoms with Crippen LogP contribution in [0.3, 0.4) is 0 Å². The molecule has 0 N–H and O–H groups in total. The van der Waals surface area contributed by atoms with Gasteiger partial charge < -0.3 is 9.64 Å². The molecule has 0 aromatic carbocycles. The van der Waals surface area contributed by atoms with Crippen molar-refractivity contribution in [2.75, 3.05) is 20.2 Å². The fraction of sp³-hybridized carbons (Fsp3) is 0.538. The van der Waals surface area contributed by atoms with Crippen LogP contribution in [0.15, 0.2) is 6.07 Å². The average molecular weight is 269 g/mol. The second-order valence-electron chi connectivity index (χ2n) is 4.06. The standard InChI is InChI=1S/C13H19NO3S/c1-5-14(7-6-12(15)17-4)13(16)11-8-9(2)10(3)18-11/h8H,5-7H2,1-4H3. The molecule has 0 spiro atoms. The highest BCUT2D eigenvalue weighted by Gasteiger charge is 2.18. The molecule has 0 aliphatic carbocycles. The number of carbonyl (C=O) groups excluding carboxylic acids is 2. The number of rotatable bonds is 5. The van der Waals surface area contributed by atoms with Crippen molar-refractivity contribution in [3.63, 3.8) is 0 Å². The van der Waals surface area contributed by atoms with Gasteiger partial charge in [-0.2, -0.15) is 0 Å². The van der Waals surface area contributed by atoms with Crippen LogP contribution in [0.5, 0.6) is 0 Å². The molecule has 0 aliphatic rings. The smallest absolute Gasteiger partial charge is 0.307 e. The molecule has 0 saturated heterocycles. The third-order valence-electron chi connectivity index (χ3n) is 2.86. The molecule has 0 atom stereocenters. The first-order valence-electron chi connectivity index (χ1n) is 5.92. The van der Waals surface area contributed by atoms with E-state index in [1.165, 1.54) is 18.4 Å². The first kappa shape index (κ1) is 14.7. The highest BCUT2D eigenvalue weighted by molar-refractivity contribution is 7.14. The Kier molecular flexibility index (Phi) is 5.34. The van der Waals surface area contributed by atoms with E-state index in [9.17, 15) is 9.59 Å². The largest absolute Gasteiger partial charge is 0.469 e. The van der Waals surface area contributed by atoms with Crippen LogP contribution in [-0.2, 0) is 9.53 Å². The fourth-order valence-corrected chi connectivity index (χ4v) is 2.57. The van der Waals surface area contributed by atoms with Gasteiger partial charge in [-0.1, -0.05) is 0 Å². The molecule has 4 nitrogen and oxygen atoms in total. The van der Waals surface area contributed by atoms with Crippen LogP contribution in [0.1, 0.15) is 33.5 Å². The first-order valence-corrected chi connectivity index (χ1v) is 6.74. The van der Waals surface area contributed by atoms with E-state index in [1.54, 1.807) is 4.90 Å². The zero-order chi connectivity index (χ0) is 13.7. The Bertz CT molecular complexity index is 420. The van der Waals surface area contributed by atoms with Crippen molar-refractivity contribution in [3.8, 4) is 0 Å². The summed E-state index contributed by atoms with van der Waals surface area (Å²) in [6, 6.07) is 1.91. The number of amides is 1. The van der Waals surface area contributed by atoms with E-state index in [1.807, 2.05) is 26.8 Å². The van der Waals surface area contributed by atoms with Gasteiger partial charge in [-0.15, -0.1) is 11.3 Å². The number of aryl methyl sites for hydroxylation is 2. The van der Waals surface area contributed by atoms with Crippen molar-refractivity contribution in [2.24, 2.45) is 0 Å². The number of nitrogens with zero attached hydrogens (tertiary/aromatic N) is 1.